The Bertz CT molecular complexity index is 1430. The van der Waals surface area contributed by atoms with Gasteiger partial charge in [0.15, 0.2) is 10.3 Å². The van der Waals surface area contributed by atoms with Crippen LogP contribution in [0.4, 0.5) is 33.0 Å². The van der Waals surface area contributed by atoms with Gasteiger partial charge in [0.2, 0.25) is 0 Å². The average Bonchev–Trinajstić information content (AvgIpc) is 3.82. The Kier molecular flexibility index (Phi) is 7.10. The predicted octanol–water partition coefficient (Wildman–Crippen LogP) is 8.62. The predicted molar refractivity (Wildman–Crippen MR) is 171 cm³/mol. The minimum absolute atomic E-state index is 0.889. The number of anilines is 6. The molecule has 2 aliphatic heterocycles. The molecular weight excluding hydrogens is 533 g/mol. The number of thiazole rings is 2. The van der Waals surface area contributed by atoms with E-state index in [2.05, 4.69) is 104 Å². The average molecular weight is 565 g/mol. The molecule has 0 atom stereocenters. The fraction of sp³-hybridized carbons (Fsp3) is 0.250. The number of aromatic nitrogens is 2. The molecule has 8 heteroatoms. The zero-order valence-corrected chi connectivity index (χ0v) is 24.0. The summed E-state index contributed by atoms with van der Waals surface area (Å²) in [6.07, 6.45) is 5.17. The van der Waals surface area contributed by atoms with Gasteiger partial charge >= 0.3 is 0 Å². The van der Waals surface area contributed by atoms with Crippen LogP contribution >= 0.6 is 22.7 Å². The number of rotatable bonds is 8. The quantitative estimate of drug-likeness (QED) is 0.197. The van der Waals surface area contributed by atoms with Crippen molar-refractivity contribution in [1.29, 1.82) is 0 Å². The minimum Gasteiger partial charge on any atom is -0.372 e. The molecule has 7 rings (SSSR count). The summed E-state index contributed by atoms with van der Waals surface area (Å²) >= 11 is 3.25. The maximum absolute atomic E-state index is 4.82. The molecule has 0 saturated carbocycles. The number of nitrogens with one attached hydrogen (secondary N) is 2. The smallest absolute Gasteiger partial charge is 0.187 e. The van der Waals surface area contributed by atoms with Gasteiger partial charge < -0.3 is 20.4 Å². The van der Waals surface area contributed by atoms with Gasteiger partial charge in [0.05, 0.1) is 11.4 Å². The van der Waals surface area contributed by atoms with Gasteiger partial charge in [0.1, 0.15) is 0 Å². The maximum atomic E-state index is 4.82. The molecule has 2 aromatic heterocycles. The van der Waals surface area contributed by atoms with Crippen molar-refractivity contribution >= 4 is 55.7 Å². The summed E-state index contributed by atoms with van der Waals surface area (Å²) in [4.78, 5) is 14.6. The third kappa shape index (κ3) is 5.55. The van der Waals surface area contributed by atoms with Crippen LogP contribution in [0.15, 0.2) is 83.6 Å². The zero-order valence-electron chi connectivity index (χ0n) is 22.3. The summed E-state index contributed by atoms with van der Waals surface area (Å²) in [5, 5.41) is 12.9. The first kappa shape index (κ1) is 25.1. The van der Waals surface area contributed by atoms with Crippen LogP contribution in [0.5, 0.6) is 0 Å². The van der Waals surface area contributed by atoms with Gasteiger partial charge in [-0.15, -0.1) is 22.7 Å². The minimum atomic E-state index is 0.889. The van der Waals surface area contributed by atoms with Gasteiger partial charge in [-0.3, -0.25) is 0 Å². The molecule has 4 heterocycles. The SMILES string of the molecule is c1cc(Nc2nc(-c3ccc(N4CCCC4)cc3)cs2)ccc1Nc1nc(-c2ccc(N3CCCC3)cc2)cs1. The van der Waals surface area contributed by atoms with E-state index in [1.807, 2.05) is 0 Å². The van der Waals surface area contributed by atoms with Crippen LogP contribution < -0.4 is 20.4 Å². The van der Waals surface area contributed by atoms with Gasteiger partial charge in [0.25, 0.3) is 0 Å². The zero-order chi connectivity index (χ0) is 26.7. The first-order chi connectivity index (χ1) is 19.8. The van der Waals surface area contributed by atoms with Crippen LogP contribution in [-0.2, 0) is 0 Å². The van der Waals surface area contributed by atoms with Crippen LogP contribution in [0.1, 0.15) is 25.7 Å². The molecule has 0 radical (unpaired) electrons. The maximum Gasteiger partial charge on any atom is 0.187 e. The normalized spacial score (nSPS) is 15.1. The van der Waals surface area contributed by atoms with Crippen molar-refractivity contribution in [3.05, 3.63) is 83.6 Å². The number of hydrogen-bond acceptors (Lipinski definition) is 8. The van der Waals surface area contributed by atoms with Crippen molar-refractivity contribution in [2.24, 2.45) is 0 Å². The van der Waals surface area contributed by atoms with E-state index in [-0.39, 0.29) is 0 Å². The fourth-order valence-electron chi connectivity index (χ4n) is 5.45. The second kappa shape index (κ2) is 11.3. The lowest BCUT2D eigenvalue weighted by Gasteiger charge is -2.17. The third-order valence-electron chi connectivity index (χ3n) is 7.66. The van der Waals surface area contributed by atoms with Crippen LogP contribution in [0.2, 0.25) is 0 Å². The van der Waals surface area contributed by atoms with E-state index >= 15 is 0 Å². The standard InChI is InChI=1S/C32H32N6S2/c1-2-18-37(17-1)27-13-5-23(6-14-27)29-21-39-31(35-29)33-25-9-11-26(12-10-25)34-32-36-30(22-40-32)24-7-15-28(16-8-24)38-19-3-4-20-38/h5-16,21-22H,1-4,17-20H2,(H,33,35)(H,34,36). The molecule has 2 saturated heterocycles. The van der Waals surface area contributed by atoms with Gasteiger partial charge in [-0.05, 0) is 74.2 Å². The summed E-state index contributed by atoms with van der Waals surface area (Å²) < 4.78 is 0. The number of benzene rings is 3. The van der Waals surface area contributed by atoms with Crippen molar-refractivity contribution in [3.63, 3.8) is 0 Å². The first-order valence-electron chi connectivity index (χ1n) is 14.0. The first-order valence-corrected chi connectivity index (χ1v) is 15.8. The second-order valence-electron chi connectivity index (χ2n) is 10.4. The molecule has 202 valence electrons. The molecule has 0 unspecified atom stereocenters. The Balaban J connectivity index is 0.956. The Morgan fingerprint density at radius 1 is 0.500 bits per heavy atom. The van der Waals surface area contributed by atoms with Gasteiger partial charge in [-0.1, -0.05) is 24.3 Å². The van der Waals surface area contributed by atoms with Crippen LogP contribution in [-0.4, -0.2) is 36.1 Å². The summed E-state index contributed by atoms with van der Waals surface area (Å²) in [5.41, 5.74) is 8.94. The summed E-state index contributed by atoms with van der Waals surface area (Å²) in [6.45, 7) is 4.65. The highest BCUT2D eigenvalue weighted by Crippen LogP contribution is 2.32. The monoisotopic (exact) mass is 564 g/mol. The molecule has 0 amide bonds. The Hall–Kier alpha value is -3.88. The van der Waals surface area contributed by atoms with Crippen molar-refractivity contribution in [2.75, 3.05) is 46.6 Å². The number of hydrogen-bond donors (Lipinski definition) is 2. The van der Waals surface area contributed by atoms with Crippen molar-refractivity contribution in [3.8, 4) is 22.5 Å². The molecule has 40 heavy (non-hydrogen) atoms. The van der Waals surface area contributed by atoms with Crippen molar-refractivity contribution in [2.45, 2.75) is 25.7 Å². The lowest BCUT2D eigenvalue weighted by molar-refractivity contribution is 0.949. The van der Waals surface area contributed by atoms with Crippen LogP contribution in [0, 0.1) is 0 Å². The fourth-order valence-corrected chi connectivity index (χ4v) is 6.93. The van der Waals surface area contributed by atoms with Crippen molar-refractivity contribution < 1.29 is 0 Å². The Labute approximate surface area is 243 Å². The van der Waals surface area contributed by atoms with E-state index in [1.165, 1.54) is 37.1 Å². The summed E-state index contributed by atoms with van der Waals surface area (Å²) in [7, 11) is 0. The lowest BCUT2D eigenvalue weighted by Crippen LogP contribution is -2.17. The van der Waals surface area contributed by atoms with E-state index in [0.717, 1.165) is 70.3 Å². The summed E-state index contributed by atoms with van der Waals surface area (Å²) in [6, 6.07) is 25.9. The van der Waals surface area contributed by atoms with E-state index in [1.54, 1.807) is 22.7 Å². The highest BCUT2D eigenvalue weighted by Gasteiger charge is 2.14. The van der Waals surface area contributed by atoms with E-state index in [4.69, 9.17) is 9.97 Å². The molecule has 6 nitrogen and oxygen atoms in total. The number of nitrogens with zero attached hydrogens (tertiary/aromatic N) is 4. The topological polar surface area (TPSA) is 56.3 Å². The highest BCUT2D eigenvalue weighted by molar-refractivity contribution is 7.14. The Morgan fingerprint density at radius 2 is 0.875 bits per heavy atom. The van der Waals surface area contributed by atoms with E-state index in [0.29, 0.717) is 0 Å². The Morgan fingerprint density at radius 3 is 1.25 bits per heavy atom. The molecule has 2 N–H and O–H groups in total. The largest absolute Gasteiger partial charge is 0.372 e. The molecule has 0 aliphatic carbocycles. The molecular formula is C32H32N6S2. The van der Waals surface area contributed by atoms with Gasteiger partial charge in [-0.25, -0.2) is 9.97 Å². The van der Waals surface area contributed by atoms with Crippen LogP contribution in [0.25, 0.3) is 22.5 Å². The van der Waals surface area contributed by atoms with Crippen LogP contribution in [0.3, 0.4) is 0 Å². The van der Waals surface area contributed by atoms with E-state index < -0.39 is 0 Å². The van der Waals surface area contributed by atoms with Gasteiger partial charge in [0, 0.05) is 70.8 Å². The molecule has 2 aliphatic rings. The van der Waals surface area contributed by atoms with Crippen molar-refractivity contribution in [1.82, 2.24) is 9.97 Å². The highest BCUT2D eigenvalue weighted by atomic mass is 32.1. The molecule has 0 spiro atoms. The molecule has 0 bridgehead atoms. The molecule has 2 fully saturated rings. The lowest BCUT2D eigenvalue weighted by atomic mass is 10.1. The van der Waals surface area contributed by atoms with Gasteiger partial charge in [-0.2, -0.15) is 0 Å². The second-order valence-corrected chi connectivity index (χ2v) is 12.1. The van der Waals surface area contributed by atoms with E-state index in [9.17, 15) is 0 Å². The third-order valence-corrected chi connectivity index (χ3v) is 9.18. The molecule has 5 aromatic rings. The molecule has 3 aromatic carbocycles. The summed E-state index contributed by atoms with van der Waals surface area (Å²) in [5.74, 6) is 0.